The molecule has 6 heteroatoms. The van der Waals surface area contributed by atoms with Crippen LogP contribution in [0.2, 0.25) is 0 Å². The van der Waals surface area contributed by atoms with E-state index in [-0.39, 0.29) is 11.8 Å². The number of nitrogens with zero attached hydrogens (tertiary/aromatic N) is 1. The van der Waals surface area contributed by atoms with Crippen LogP contribution < -0.4 is 10.6 Å². The van der Waals surface area contributed by atoms with Crippen molar-refractivity contribution in [1.29, 1.82) is 0 Å². The fraction of sp³-hybridized carbons (Fsp3) is 0.160. The zero-order valence-corrected chi connectivity index (χ0v) is 17.9. The molecular weight excluding hydrogens is 406 g/mol. The molecule has 0 radical (unpaired) electrons. The number of carbonyl (C=O) groups excluding carboxylic acids is 2. The zero-order chi connectivity index (χ0) is 21.4. The second-order valence-corrected chi connectivity index (χ2v) is 8.57. The van der Waals surface area contributed by atoms with E-state index in [9.17, 15) is 9.59 Å². The highest BCUT2D eigenvalue weighted by molar-refractivity contribution is 7.14. The molecule has 3 aromatic carbocycles. The van der Waals surface area contributed by atoms with E-state index in [1.54, 1.807) is 0 Å². The maximum absolute atomic E-state index is 13.0. The minimum absolute atomic E-state index is 0.0517. The van der Waals surface area contributed by atoms with Crippen LogP contribution >= 0.6 is 11.3 Å². The van der Waals surface area contributed by atoms with Crippen LogP contribution in [0.25, 0.3) is 22.0 Å². The van der Waals surface area contributed by atoms with E-state index in [1.165, 1.54) is 34.8 Å². The van der Waals surface area contributed by atoms with Crippen molar-refractivity contribution in [2.24, 2.45) is 0 Å². The summed E-state index contributed by atoms with van der Waals surface area (Å²) >= 11 is 1.41. The van der Waals surface area contributed by atoms with Gasteiger partial charge in [-0.1, -0.05) is 48.5 Å². The van der Waals surface area contributed by atoms with Crippen molar-refractivity contribution in [2.45, 2.75) is 26.3 Å². The Labute approximate surface area is 184 Å². The quantitative estimate of drug-likeness (QED) is 0.473. The number of hydrogen-bond acceptors (Lipinski definition) is 4. The molecule has 4 aromatic rings. The van der Waals surface area contributed by atoms with Gasteiger partial charge >= 0.3 is 0 Å². The van der Waals surface area contributed by atoms with Crippen LogP contribution in [0.4, 0.5) is 5.13 Å². The molecule has 2 amide bonds. The number of aromatic nitrogens is 1. The molecule has 1 heterocycles. The summed E-state index contributed by atoms with van der Waals surface area (Å²) in [5.41, 5.74) is 6.12. The van der Waals surface area contributed by atoms with Gasteiger partial charge in [-0.25, -0.2) is 4.98 Å². The largest absolute Gasteiger partial charge is 0.352 e. The van der Waals surface area contributed by atoms with Crippen molar-refractivity contribution >= 4 is 39.1 Å². The van der Waals surface area contributed by atoms with Gasteiger partial charge in [-0.2, -0.15) is 0 Å². The van der Waals surface area contributed by atoms with Gasteiger partial charge in [0.15, 0.2) is 5.13 Å². The Morgan fingerprint density at radius 1 is 1.00 bits per heavy atom. The molecule has 0 saturated carbocycles. The van der Waals surface area contributed by atoms with E-state index in [4.69, 9.17) is 0 Å². The van der Waals surface area contributed by atoms with Crippen LogP contribution in [0.3, 0.4) is 0 Å². The number of hydrogen-bond donors (Lipinski definition) is 2. The molecule has 0 unspecified atom stereocenters. The van der Waals surface area contributed by atoms with Crippen molar-refractivity contribution in [1.82, 2.24) is 10.3 Å². The van der Waals surface area contributed by atoms with Gasteiger partial charge in [-0.05, 0) is 46.4 Å². The smallest absolute Gasteiger partial charge is 0.258 e. The molecule has 2 N–H and O–H groups in total. The van der Waals surface area contributed by atoms with Crippen molar-refractivity contribution < 1.29 is 9.59 Å². The molecule has 1 aliphatic rings. The van der Waals surface area contributed by atoms with Crippen molar-refractivity contribution in [3.05, 3.63) is 82.2 Å². The molecule has 0 saturated heterocycles. The van der Waals surface area contributed by atoms with Crippen LogP contribution in [-0.4, -0.2) is 16.8 Å². The van der Waals surface area contributed by atoms with Gasteiger partial charge < -0.3 is 5.32 Å². The topological polar surface area (TPSA) is 71.1 Å². The highest BCUT2D eigenvalue weighted by Crippen LogP contribution is 2.33. The Hall–Kier alpha value is -3.51. The van der Waals surface area contributed by atoms with E-state index in [0.717, 1.165) is 35.0 Å². The van der Waals surface area contributed by atoms with E-state index in [0.29, 0.717) is 17.2 Å². The molecule has 0 spiro atoms. The summed E-state index contributed by atoms with van der Waals surface area (Å²) in [6.07, 6.45) is 2.08. The minimum atomic E-state index is -0.137. The first kappa shape index (κ1) is 19.5. The summed E-state index contributed by atoms with van der Waals surface area (Å²) in [5, 5.41) is 10.5. The normalized spacial score (nSPS) is 12.2. The number of benzene rings is 3. The van der Waals surface area contributed by atoms with Crippen LogP contribution in [0, 0.1) is 0 Å². The van der Waals surface area contributed by atoms with Crippen molar-refractivity contribution in [2.75, 3.05) is 5.32 Å². The Morgan fingerprint density at radius 3 is 2.55 bits per heavy atom. The van der Waals surface area contributed by atoms with Gasteiger partial charge in [-0.15, -0.1) is 11.3 Å². The number of rotatable bonds is 5. The molecule has 1 aromatic heterocycles. The molecule has 154 valence electrons. The van der Waals surface area contributed by atoms with E-state index < -0.39 is 0 Å². The van der Waals surface area contributed by atoms with Gasteiger partial charge in [0.2, 0.25) is 5.91 Å². The van der Waals surface area contributed by atoms with Gasteiger partial charge in [0.25, 0.3) is 5.91 Å². The molecule has 5 rings (SSSR count). The predicted molar refractivity (Wildman–Crippen MR) is 124 cm³/mol. The molecule has 0 bridgehead atoms. The monoisotopic (exact) mass is 427 g/mol. The SMILES string of the molecule is CC(=O)NCc1ccc(-c2csc(NC(=O)c3ccc4c5c(cccc35)CC4)n2)cc1. The third kappa shape index (κ3) is 3.82. The third-order valence-corrected chi connectivity index (χ3v) is 6.40. The fourth-order valence-electron chi connectivity index (χ4n) is 4.09. The lowest BCUT2D eigenvalue weighted by Gasteiger charge is -2.08. The second kappa shape index (κ2) is 7.96. The number of nitrogens with one attached hydrogen (secondary N) is 2. The van der Waals surface area contributed by atoms with Crippen LogP contribution in [-0.2, 0) is 24.2 Å². The molecule has 0 fully saturated rings. The highest BCUT2D eigenvalue weighted by atomic mass is 32.1. The lowest BCUT2D eigenvalue weighted by atomic mass is 9.99. The zero-order valence-electron chi connectivity index (χ0n) is 17.1. The molecule has 31 heavy (non-hydrogen) atoms. The number of thiazole rings is 1. The number of aryl methyl sites for hydroxylation is 2. The number of anilines is 1. The fourth-order valence-corrected chi connectivity index (χ4v) is 4.81. The van der Waals surface area contributed by atoms with Crippen LogP contribution in [0.1, 0.15) is 34.0 Å². The Kier molecular flexibility index (Phi) is 5.00. The average molecular weight is 428 g/mol. The summed E-state index contributed by atoms with van der Waals surface area (Å²) < 4.78 is 0. The van der Waals surface area contributed by atoms with Gasteiger partial charge in [-0.3, -0.25) is 14.9 Å². The predicted octanol–water partition coefficient (Wildman–Crippen LogP) is 4.95. The van der Waals surface area contributed by atoms with Gasteiger partial charge in [0.05, 0.1) is 5.69 Å². The maximum Gasteiger partial charge on any atom is 0.258 e. The first-order valence-electron chi connectivity index (χ1n) is 10.2. The lowest BCUT2D eigenvalue weighted by molar-refractivity contribution is -0.119. The third-order valence-electron chi connectivity index (χ3n) is 5.64. The summed E-state index contributed by atoms with van der Waals surface area (Å²) in [4.78, 5) is 28.7. The molecule has 5 nitrogen and oxygen atoms in total. The Morgan fingerprint density at radius 2 is 1.77 bits per heavy atom. The first-order chi connectivity index (χ1) is 15.1. The highest BCUT2D eigenvalue weighted by Gasteiger charge is 2.19. The summed E-state index contributed by atoms with van der Waals surface area (Å²) in [5.74, 6) is -0.189. The van der Waals surface area contributed by atoms with Crippen LogP contribution in [0.15, 0.2) is 60.0 Å². The molecule has 1 aliphatic carbocycles. The maximum atomic E-state index is 13.0. The van der Waals surface area contributed by atoms with E-state index in [2.05, 4.69) is 27.8 Å². The summed E-state index contributed by atoms with van der Waals surface area (Å²) in [7, 11) is 0. The number of amides is 2. The van der Waals surface area contributed by atoms with Crippen molar-refractivity contribution in [3.8, 4) is 11.3 Å². The molecular formula is C25H21N3O2S. The Balaban J connectivity index is 1.34. The van der Waals surface area contributed by atoms with Crippen LogP contribution in [0.5, 0.6) is 0 Å². The van der Waals surface area contributed by atoms with Gasteiger partial charge in [0, 0.05) is 30.0 Å². The summed E-state index contributed by atoms with van der Waals surface area (Å²) in [6, 6.07) is 18.1. The summed E-state index contributed by atoms with van der Waals surface area (Å²) in [6.45, 7) is 2.01. The standard InChI is InChI=1S/C25H21N3O2S/c1-15(29)26-13-16-5-7-17(8-6-16)22-14-31-25(27-22)28-24(30)21-12-11-19-10-9-18-3-2-4-20(21)23(18)19/h2-8,11-12,14H,9-10,13H2,1H3,(H,26,29)(H,27,28,30). The van der Waals surface area contributed by atoms with E-state index in [1.807, 2.05) is 47.8 Å². The minimum Gasteiger partial charge on any atom is -0.352 e. The molecule has 0 aliphatic heterocycles. The number of carbonyl (C=O) groups is 2. The average Bonchev–Trinajstić information content (AvgIpc) is 3.41. The van der Waals surface area contributed by atoms with E-state index >= 15 is 0 Å². The molecule has 0 atom stereocenters. The Bertz CT molecular complexity index is 1300. The van der Waals surface area contributed by atoms with Crippen molar-refractivity contribution in [3.63, 3.8) is 0 Å². The van der Waals surface area contributed by atoms with Gasteiger partial charge in [0.1, 0.15) is 0 Å². The lowest BCUT2D eigenvalue weighted by Crippen LogP contribution is -2.18. The first-order valence-corrected chi connectivity index (χ1v) is 11.1. The second-order valence-electron chi connectivity index (χ2n) is 7.71.